The predicted octanol–water partition coefficient (Wildman–Crippen LogP) is 2.95. The van der Waals surface area contributed by atoms with Crippen LogP contribution in [0.25, 0.3) is 11.4 Å². The Balaban J connectivity index is 1.72. The summed E-state index contributed by atoms with van der Waals surface area (Å²) in [4.78, 5) is 4.27. The van der Waals surface area contributed by atoms with E-state index in [1.54, 1.807) is 13.4 Å². The highest BCUT2D eigenvalue weighted by atomic mass is 16.5. The van der Waals surface area contributed by atoms with E-state index in [4.69, 9.17) is 13.7 Å². The fourth-order valence-corrected chi connectivity index (χ4v) is 1.75. The van der Waals surface area contributed by atoms with E-state index >= 15 is 0 Å². The van der Waals surface area contributed by atoms with Crippen molar-refractivity contribution in [2.75, 3.05) is 12.4 Å². The van der Waals surface area contributed by atoms with Crippen LogP contribution in [0.4, 0.5) is 6.01 Å². The molecule has 0 atom stereocenters. The molecule has 1 N–H and O–H groups in total. The first kappa shape index (κ1) is 12.3. The van der Waals surface area contributed by atoms with Crippen molar-refractivity contribution < 1.29 is 13.7 Å². The van der Waals surface area contributed by atoms with Crippen LogP contribution < -0.4 is 10.1 Å². The van der Waals surface area contributed by atoms with Crippen LogP contribution in [0.3, 0.4) is 0 Å². The molecule has 0 unspecified atom stereocenters. The third-order valence-electron chi connectivity index (χ3n) is 2.75. The zero-order chi connectivity index (χ0) is 13.8. The highest BCUT2D eigenvalue weighted by Gasteiger charge is 2.09. The normalized spacial score (nSPS) is 10.4. The molecule has 0 radical (unpaired) electrons. The molecule has 0 aliphatic rings. The molecule has 0 bridgehead atoms. The van der Waals surface area contributed by atoms with Crippen LogP contribution in [0.5, 0.6) is 5.75 Å². The SMILES string of the molecule is COc1cccc(-c2noc(NCc3ccco3)n2)c1. The Morgan fingerprint density at radius 2 is 2.20 bits per heavy atom. The van der Waals surface area contributed by atoms with Gasteiger partial charge in [0.2, 0.25) is 5.82 Å². The van der Waals surface area contributed by atoms with Gasteiger partial charge in [-0.1, -0.05) is 17.3 Å². The maximum Gasteiger partial charge on any atom is 0.322 e. The minimum absolute atomic E-state index is 0.346. The fourth-order valence-electron chi connectivity index (χ4n) is 1.75. The van der Waals surface area contributed by atoms with Crippen molar-refractivity contribution in [2.24, 2.45) is 0 Å². The van der Waals surface area contributed by atoms with E-state index in [-0.39, 0.29) is 0 Å². The smallest absolute Gasteiger partial charge is 0.322 e. The summed E-state index contributed by atoms with van der Waals surface area (Å²) in [5, 5.41) is 6.93. The number of hydrogen-bond acceptors (Lipinski definition) is 6. The van der Waals surface area contributed by atoms with Crippen LogP contribution in [0.1, 0.15) is 5.76 Å². The van der Waals surface area contributed by atoms with E-state index in [0.717, 1.165) is 17.1 Å². The van der Waals surface area contributed by atoms with Crippen molar-refractivity contribution in [3.8, 4) is 17.1 Å². The Labute approximate surface area is 115 Å². The second kappa shape index (κ2) is 5.48. The summed E-state index contributed by atoms with van der Waals surface area (Å²) in [6.07, 6.45) is 1.62. The topological polar surface area (TPSA) is 73.3 Å². The van der Waals surface area contributed by atoms with Crippen molar-refractivity contribution in [2.45, 2.75) is 6.54 Å². The van der Waals surface area contributed by atoms with Gasteiger partial charge >= 0.3 is 6.01 Å². The molecule has 1 aromatic carbocycles. The molecule has 0 fully saturated rings. The molecule has 3 rings (SSSR count). The molecule has 6 heteroatoms. The van der Waals surface area contributed by atoms with E-state index in [9.17, 15) is 0 Å². The van der Waals surface area contributed by atoms with Gasteiger partial charge in [0, 0.05) is 5.56 Å². The second-order valence-corrected chi connectivity index (χ2v) is 4.09. The zero-order valence-corrected chi connectivity index (χ0v) is 10.9. The zero-order valence-electron chi connectivity index (χ0n) is 10.9. The summed E-state index contributed by atoms with van der Waals surface area (Å²) in [5.41, 5.74) is 0.833. The Morgan fingerprint density at radius 1 is 1.25 bits per heavy atom. The molecule has 2 aromatic heterocycles. The highest BCUT2D eigenvalue weighted by molar-refractivity contribution is 5.57. The maximum atomic E-state index is 5.21. The molecule has 0 saturated heterocycles. The summed E-state index contributed by atoms with van der Waals surface area (Å²) in [6.45, 7) is 0.493. The van der Waals surface area contributed by atoms with E-state index in [2.05, 4.69) is 15.5 Å². The number of nitrogens with one attached hydrogen (secondary N) is 1. The second-order valence-electron chi connectivity index (χ2n) is 4.09. The van der Waals surface area contributed by atoms with E-state index < -0.39 is 0 Å². The Kier molecular flexibility index (Phi) is 3.36. The number of nitrogens with zero attached hydrogens (tertiary/aromatic N) is 2. The number of methoxy groups -OCH3 is 1. The molecular formula is C14H13N3O3. The predicted molar refractivity (Wildman–Crippen MR) is 72.3 cm³/mol. The molecule has 0 aliphatic carbocycles. The number of hydrogen-bond donors (Lipinski definition) is 1. The Bertz CT molecular complexity index is 677. The lowest BCUT2D eigenvalue weighted by atomic mass is 10.2. The minimum Gasteiger partial charge on any atom is -0.497 e. The van der Waals surface area contributed by atoms with Crippen LogP contribution in [-0.4, -0.2) is 17.3 Å². The third-order valence-corrected chi connectivity index (χ3v) is 2.75. The monoisotopic (exact) mass is 271 g/mol. The van der Waals surface area contributed by atoms with Crippen LogP contribution in [0.15, 0.2) is 51.6 Å². The lowest BCUT2D eigenvalue weighted by molar-refractivity contribution is 0.414. The first-order chi connectivity index (χ1) is 9.85. The van der Waals surface area contributed by atoms with E-state index in [0.29, 0.717) is 18.4 Å². The fraction of sp³-hybridized carbons (Fsp3) is 0.143. The van der Waals surface area contributed by atoms with Crippen molar-refractivity contribution in [3.05, 3.63) is 48.4 Å². The van der Waals surface area contributed by atoms with E-state index in [1.165, 1.54) is 0 Å². The summed E-state index contributed by atoms with van der Waals surface area (Å²) in [6, 6.07) is 11.5. The van der Waals surface area contributed by atoms with Gasteiger partial charge in [-0.15, -0.1) is 0 Å². The van der Waals surface area contributed by atoms with E-state index in [1.807, 2.05) is 36.4 Å². The number of rotatable bonds is 5. The van der Waals surface area contributed by atoms with Gasteiger partial charge in [-0.2, -0.15) is 4.98 Å². The minimum atomic E-state index is 0.346. The highest BCUT2D eigenvalue weighted by Crippen LogP contribution is 2.22. The van der Waals surface area contributed by atoms with Gasteiger partial charge in [0.1, 0.15) is 11.5 Å². The Morgan fingerprint density at radius 3 is 3.00 bits per heavy atom. The molecule has 6 nitrogen and oxygen atoms in total. The summed E-state index contributed by atoms with van der Waals surface area (Å²) >= 11 is 0. The van der Waals surface area contributed by atoms with Crippen LogP contribution in [-0.2, 0) is 6.54 Å². The van der Waals surface area contributed by atoms with Crippen LogP contribution >= 0.6 is 0 Å². The quantitative estimate of drug-likeness (QED) is 0.769. The van der Waals surface area contributed by atoms with Gasteiger partial charge in [-0.05, 0) is 24.3 Å². The number of benzene rings is 1. The van der Waals surface area contributed by atoms with Crippen LogP contribution in [0, 0.1) is 0 Å². The van der Waals surface area contributed by atoms with Crippen molar-refractivity contribution in [3.63, 3.8) is 0 Å². The van der Waals surface area contributed by atoms with Gasteiger partial charge in [0.25, 0.3) is 0 Å². The maximum absolute atomic E-state index is 5.21. The summed E-state index contributed by atoms with van der Waals surface area (Å²) in [7, 11) is 1.62. The van der Waals surface area contributed by atoms with Crippen molar-refractivity contribution in [1.82, 2.24) is 10.1 Å². The lowest BCUT2D eigenvalue weighted by Gasteiger charge is -1.99. The molecule has 20 heavy (non-hydrogen) atoms. The van der Waals surface area contributed by atoms with Crippen LogP contribution in [0.2, 0.25) is 0 Å². The molecule has 102 valence electrons. The number of aromatic nitrogens is 2. The summed E-state index contributed by atoms with van der Waals surface area (Å²) in [5.74, 6) is 2.05. The molecule has 0 amide bonds. The molecule has 0 aliphatic heterocycles. The number of ether oxygens (including phenoxy) is 1. The molecule has 0 spiro atoms. The first-order valence-electron chi connectivity index (χ1n) is 6.09. The molecule has 2 heterocycles. The van der Waals surface area contributed by atoms with Gasteiger partial charge < -0.3 is 19.0 Å². The first-order valence-corrected chi connectivity index (χ1v) is 6.09. The van der Waals surface area contributed by atoms with Gasteiger partial charge in [0.15, 0.2) is 0 Å². The number of furan rings is 1. The van der Waals surface area contributed by atoms with Gasteiger partial charge in [0.05, 0.1) is 19.9 Å². The van der Waals surface area contributed by atoms with Gasteiger partial charge in [-0.3, -0.25) is 0 Å². The largest absolute Gasteiger partial charge is 0.497 e. The Hall–Kier alpha value is -2.76. The molecule has 3 aromatic rings. The average molecular weight is 271 g/mol. The average Bonchev–Trinajstić information content (AvgIpc) is 3.16. The molecule has 0 saturated carbocycles. The van der Waals surface area contributed by atoms with Crippen molar-refractivity contribution >= 4 is 6.01 Å². The molecular weight excluding hydrogens is 258 g/mol. The number of anilines is 1. The lowest BCUT2D eigenvalue weighted by Crippen LogP contribution is -1.97. The van der Waals surface area contributed by atoms with Gasteiger partial charge in [-0.25, -0.2) is 0 Å². The van der Waals surface area contributed by atoms with Crippen molar-refractivity contribution in [1.29, 1.82) is 0 Å². The standard InChI is InChI=1S/C14H13N3O3/c1-18-11-5-2-4-10(8-11)13-16-14(20-17-13)15-9-12-6-3-7-19-12/h2-8H,9H2,1H3,(H,15,16,17). The third kappa shape index (κ3) is 2.64. The summed E-state index contributed by atoms with van der Waals surface area (Å²) < 4.78 is 15.5.